The number of anilines is 2. The van der Waals surface area contributed by atoms with Crippen LogP contribution in [0.2, 0.25) is 0 Å². The Hall–Kier alpha value is -4.12. The Morgan fingerprint density at radius 3 is 2.03 bits per heavy atom. The number of hydrogen-bond acceptors (Lipinski definition) is 8. The molecule has 0 bridgehead atoms. The molecule has 0 saturated heterocycles. The van der Waals surface area contributed by atoms with Gasteiger partial charge in [-0.05, 0) is 73.8 Å². The van der Waals surface area contributed by atoms with Gasteiger partial charge in [0.25, 0.3) is 11.8 Å². The Morgan fingerprint density at radius 2 is 1.57 bits per heavy atom. The third-order valence-electron chi connectivity index (χ3n) is 6.01. The van der Waals surface area contributed by atoms with Gasteiger partial charge in [0, 0.05) is 11.2 Å². The molecule has 2 aromatic carbocycles. The average molecular weight is 526 g/mol. The number of hydrogen-bond donors (Lipinski definition) is 3. The summed E-state index contributed by atoms with van der Waals surface area (Å²) in [7, 11) is 3.07. The van der Waals surface area contributed by atoms with Gasteiger partial charge in [0.15, 0.2) is 5.69 Å². The molecule has 1 heterocycles. The predicted molar refractivity (Wildman–Crippen MR) is 143 cm³/mol. The molecule has 0 unspecified atom stereocenters. The molecule has 3 aromatic rings. The summed E-state index contributed by atoms with van der Waals surface area (Å²) in [5.41, 5.74) is 11.5. The van der Waals surface area contributed by atoms with Crippen molar-refractivity contribution in [3.8, 4) is 11.5 Å². The second kappa shape index (κ2) is 11.3. The fourth-order valence-electron chi connectivity index (χ4n) is 3.56. The van der Waals surface area contributed by atoms with Gasteiger partial charge in [-0.25, -0.2) is 0 Å². The molecular formula is C26H31N5O5S. The minimum Gasteiger partial charge on any atom is -0.497 e. The van der Waals surface area contributed by atoms with E-state index in [1.807, 2.05) is 20.8 Å². The summed E-state index contributed by atoms with van der Waals surface area (Å²) in [5.74, 6) is -0.700. The van der Waals surface area contributed by atoms with Crippen LogP contribution in [0.1, 0.15) is 59.0 Å². The van der Waals surface area contributed by atoms with Gasteiger partial charge in [-0.3, -0.25) is 19.3 Å². The number of carbonyl (C=O) groups is 3. The Bertz CT molecular complexity index is 1270. The number of aromatic nitrogens is 1. The standard InChI is InChI=1S/C26H31N5O5S/c1-6-26(2,3)29-24(33)21(15-7-11-17(35-4)12-8-15)31(16-9-13-18(36-5)14-10-16)25(34)22-19(27)20(23(28)32)30-37-22/h7-14,21H,6,27H2,1-5H3,(H2,28,32)(H,29,33)/t21-/m0/s1. The molecule has 10 nitrogen and oxygen atoms in total. The molecule has 1 atom stereocenters. The zero-order valence-electron chi connectivity index (χ0n) is 21.4. The van der Waals surface area contributed by atoms with E-state index < -0.39 is 29.3 Å². The number of nitrogens with two attached hydrogens (primary N) is 2. The lowest BCUT2D eigenvalue weighted by Gasteiger charge is -2.34. The second-order valence-corrected chi connectivity index (χ2v) is 9.69. The van der Waals surface area contributed by atoms with Gasteiger partial charge in [0.1, 0.15) is 22.4 Å². The van der Waals surface area contributed by atoms with Crippen molar-refractivity contribution in [1.82, 2.24) is 9.69 Å². The maximum absolute atomic E-state index is 14.1. The molecule has 0 radical (unpaired) electrons. The molecule has 1 aromatic heterocycles. The van der Waals surface area contributed by atoms with Crippen LogP contribution in [0.15, 0.2) is 48.5 Å². The lowest BCUT2D eigenvalue weighted by molar-refractivity contribution is -0.124. The van der Waals surface area contributed by atoms with Crippen LogP contribution in [-0.4, -0.2) is 41.9 Å². The molecule has 3 rings (SSSR count). The highest BCUT2D eigenvalue weighted by molar-refractivity contribution is 7.09. The number of ether oxygens (including phenoxy) is 2. The van der Waals surface area contributed by atoms with Crippen LogP contribution in [0.4, 0.5) is 11.4 Å². The molecule has 0 aliphatic heterocycles. The number of benzene rings is 2. The van der Waals surface area contributed by atoms with E-state index in [9.17, 15) is 14.4 Å². The first-order valence-electron chi connectivity index (χ1n) is 11.5. The largest absolute Gasteiger partial charge is 0.497 e. The van der Waals surface area contributed by atoms with E-state index >= 15 is 0 Å². The van der Waals surface area contributed by atoms with Crippen LogP contribution >= 0.6 is 11.5 Å². The van der Waals surface area contributed by atoms with Crippen LogP contribution in [0, 0.1) is 0 Å². The van der Waals surface area contributed by atoms with E-state index in [2.05, 4.69) is 9.69 Å². The van der Waals surface area contributed by atoms with Crippen molar-refractivity contribution in [1.29, 1.82) is 0 Å². The van der Waals surface area contributed by atoms with E-state index in [4.69, 9.17) is 20.9 Å². The van der Waals surface area contributed by atoms with Crippen molar-refractivity contribution in [2.45, 2.75) is 38.8 Å². The molecule has 196 valence electrons. The Labute approximate surface area is 219 Å². The number of nitrogens with zero attached hydrogens (tertiary/aromatic N) is 2. The zero-order chi connectivity index (χ0) is 27.3. The Kier molecular flexibility index (Phi) is 8.38. The summed E-state index contributed by atoms with van der Waals surface area (Å²) < 4.78 is 14.5. The van der Waals surface area contributed by atoms with E-state index in [0.717, 1.165) is 11.5 Å². The Balaban J connectivity index is 2.23. The van der Waals surface area contributed by atoms with E-state index in [0.29, 0.717) is 29.2 Å². The van der Waals surface area contributed by atoms with Crippen LogP contribution in [0.25, 0.3) is 0 Å². The fraction of sp³-hybridized carbons (Fsp3) is 0.308. The van der Waals surface area contributed by atoms with Crippen LogP contribution in [-0.2, 0) is 4.79 Å². The van der Waals surface area contributed by atoms with Gasteiger partial charge in [-0.1, -0.05) is 19.1 Å². The highest BCUT2D eigenvalue weighted by atomic mass is 32.1. The van der Waals surface area contributed by atoms with Crippen molar-refractivity contribution in [3.05, 3.63) is 64.7 Å². The van der Waals surface area contributed by atoms with Crippen LogP contribution in [0.3, 0.4) is 0 Å². The molecule has 11 heteroatoms. The summed E-state index contributed by atoms with van der Waals surface area (Å²) in [6.45, 7) is 5.75. The highest BCUT2D eigenvalue weighted by Gasteiger charge is 2.37. The highest BCUT2D eigenvalue weighted by Crippen LogP contribution is 2.35. The summed E-state index contributed by atoms with van der Waals surface area (Å²) in [6, 6.07) is 12.4. The maximum atomic E-state index is 14.1. The van der Waals surface area contributed by atoms with E-state index in [-0.39, 0.29) is 16.3 Å². The van der Waals surface area contributed by atoms with Crippen molar-refractivity contribution in [2.75, 3.05) is 24.9 Å². The van der Waals surface area contributed by atoms with Gasteiger partial charge < -0.3 is 26.3 Å². The molecule has 0 spiro atoms. The van der Waals surface area contributed by atoms with Gasteiger partial charge >= 0.3 is 0 Å². The third-order valence-corrected chi connectivity index (χ3v) is 6.86. The van der Waals surface area contributed by atoms with Gasteiger partial charge in [-0.2, -0.15) is 4.37 Å². The quantitative estimate of drug-likeness (QED) is 0.366. The fourth-order valence-corrected chi connectivity index (χ4v) is 4.30. The molecule has 0 aliphatic rings. The lowest BCUT2D eigenvalue weighted by atomic mass is 9.98. The number of nitrogens with one attached hydrogen (secondary N) is 1. The minimum absolute atomic E-state index is 0.00863. The number of rotatable bonds is 10. The van der Waals surface area contributed by atoms with Crippen LogP contribution in [0.5, 0.6) is 11.5 Å². The van der Waals surface area contributed by atoms with Gasteiger partial charge in [0.2, 0.25) is 5.91 Å². The number of methoxy groups -OCH3 is 2. The Morgan fingerprint density at radius 1 is 1.03 bits per heavy atom. The molecule has 0 aliphatic carbocycles. The van der Waals surface area contributed by atoms with Crippen LogP contribution < -0.4 is 31.2 Å². The first kappa shape index (κ1) is 27.5. The van der Waals surface area contributed by atoms with Crippen molar-refractivity contribution in [3.63, 3.8) is 0 Å². The summed E-state index contributed by atoms with van der Waals surface area (Å²) >= 11 is 0.748. The van der Waals surface area contributed by atoms with Crippen molar-refractivity contribution < 1.29 is 23.9 Å². The maximum Gasteiger partial charge on any atom is 0.273 e. The molecule has 3 amide bonds. The summed E-state index contributed by atoms with van der Waals surface area (Å²) in [6.07, 6.45) is 0.661. The molecule has 5 N–H and O–H groups in total. The number of carbonyl (C=O) groups excluding carboxylic acids is 3. The first-order chi connectivity index (χ1) is 17.5. The topological polar surface area (TPSA) is 150 Å². The normalized spacial score (nSPS) is 11.9. The van der Waals surface area contributed by atoms with Crippen molar-refractivity contribution >= 4 is 40.6 Å². The smallest absolute Gasteiger partial charge is 0.273 e. The molecule has 0 fully saturated rings. The third kappa shape index (κ3) is 6.00. The van der Waals surface area contributed by atoms with Gasteiger partial charge in [0.05, 0.1) is 19.9 Å². The molecular weight excluding hydrogens is 494 g/mol. The second-order valence-electron chi connectivity index (χ2n) is 8.91. The minimum atomic E-state index is -1.10. The molecule has 37 heavy (non-hydrogen) atoms. The number of amides is 3. The van der Waals surface area contributed by atoms with Crippen molar-refractivity contribution in [2.24, 2.45) is 5.73 Å². The number of primary amides is 1. The SMILES string of the molecule is CCC(C)(C)NC(=O)[C@H](c1ccc(OC)cc1)N(C(=O)c1snc(C(N)=O)c1N)c1ccc(OC)cc1. The monoisotopic (exact) mass is 525 g/mol. The van der Waals surface area contributed by atoms with E-state index in [1.54, 1.807) is 55.6 Å². The van der Waals surface area contributed by atoms with Gasteiger partial charge in [-0.15, -0.1) is 0 Å². The van der Waals surface area contributed by atoms with E-state index in [1.165, 1.54) is 12.0 Å². The molecule has 0 saturated carbocycles. The first-order valence-corrected chi connectivity index (χ1v) is 12.3. The average Bonchev–Trinajstić information content (AvgIpc) is 3.28. The predicted octanol–water partition coefficient (Wildman–Crippen LogP) is 3.53. The zero-order valence-corrected chi connectivity index (χ0v) is 22.2. The number of nitrogen functional groups attached to an aromatic ring is 1. The summed E-state index contributed by atoms with van der Waals surface area (Å²) in [5, 5.41) is 3.04. The lowest BCUT2D eigenvalue weighted by Crippen LogP contribution is -2.50. The summed E-state index contributed by atoms with van der Waals surface area (Å²) in [4.78, 5) is 41.0.